The molecule has 7 nitrogen and oxygen atoms in total. The largest absolute Gasteiger partial charge is 0.449 e. The molecule has 120 valence electrons. The minimum absolute atomic E-state index is 0.127. The Kier molecular flexibility index (Phi) is 3.78. The maximum atomic E-state index is 12.5. The van der Waals surface area contributed by atoms with Crippen molar-refractivity contribution >= 4 is 34.5 Å². The number of nitro benzene ring substituents is 1. The van der Waals surface area contributed by atoms with Crippen molar-refractivity contribution in [2.45, 2.75) is 0 Å². The fraction of sp³-hybridized carbons (Fsp3) is 0. The summed E-state index contributed by atoms with van der Waals surface area (Å²) in [5.74, 6) is -1.70. The molecular weight excluding hydrogens is 336 g/mol. The summed E-state index contributed by atoms with van der Waals surface area (Å²) >= 11 is 5.97. The van der Waals surface area contributed by atoms with E-state index in [4.69, 9.17) is 22.1 Å². The van der Waals surface area contributed by atoms with Crippen molar-refractivity contribution in [3.05, 3.63) is 74.5 Å². The van der Waals surface area contributed by atoms with E-state index in [1.54, 1.807) is 12.1 Å². The molecule has 2 aromatic carbocycles. The predicted molar refractivity (Wildman–Crippen MR) is 86.1 cm³/mol. The van der Waals surface area contributed by atoms with Gasteiger partial charge in [0.05, 0.1) is 4.92 Å². The molecule has 2 aromatic rings. The molecule has 0 unspecified atom stereocenters. The molecular formula is C16H9ClN2O5. The summed E-state index contributed by atoms with van der Waals surface area (Å²) in [5.41, 5.74) is 5.37. The zero-order chi connectivity index (χ0) is 17.4. The zero-order valence-corrected chi connectivity index (χ0v) is 12.7. The number of allylic oxidation sites excluding steroid dienone is 2. The number of nitrogens with two attached hydrogens (primary N) is 1. The van der Waals surface area contributed by atoms with E-state index >= 15 is 0 Å². The smallest absolute Gasteiger partial charge is 0.295 e. The maximum absolute atomic E-state index is 12.5. The van der Waals surface area contributed by atoms with Crippen LogP contribution in [-0.4, -0.2) is 16.5 Å². The Morgan fingerprint density at radius 3 is 2.25 bits per heavy atom. The summed E-state index contributed by atoms with van der Waals surface area (Å²) in [4.78, 5) is 35.0. The van der Waals surface area contributed by atoms with Crippen molar-refractivity contribution in [1.82, 2.24) is 0 Å². The number of carbonyl (C=O) groups is 2. The van der Waals surface area contributed by atoms with E-state index < -0.39 is 27.3 Å². The van der Waals surface area contributed by atoms with Gasteiger partial charge >= 0.3 is 0 Å². The van der Waals surface area contributed by atoms with E-state index in [0.29, 0.717) is 0 Å². The molecule has 0 aliphatic heterocycles. The topological polar surface area (TPSA) is 113 Å². The molecule has 0 atom stereocenters. The lowest BCUT2D eigenvalue weighted by Gasteiger charge is -2.18. The normalized spacial score (nSPS) is 13.7. The standard InChI is InChI=1S/C16H9ClN2O5/c17-12-14(20)8-4-1-2-5-9(8)15(21)16(12)24-11-7-3-6-10(13(11)18)19(22)23/h1-7H,18H2. The number of Topliss-reactive ketones (excluding diaryl/α,β-unsaturated/α-hetero) is 2. The Morgan fingerprint density at radius 2 is 1.62 bits per heavy atom. The fourth-order valence-electron chi connectivity index (χ4n) is 2.30. The predicted octanol–water partition coefficient (Wildman–Crippen LogP) is 3.09. The van der Waals surface area contributed by atoms with Crippen LogP contribution in [0.15, 0.2) is 53.3 Å². The first-order chi connectivity index (χ1) is 11.4. The molecule has 0 fully saturated rings. The van der Waals surface area contributed by atoms with Gasteiger partial charge in [-0.05, 0) is 6.07 Å². The van der Waals surface area contributed by atoms with Gasteiger partial charge in [0, 0.05) is 17.2 Å². The van der Waals surface area contributed by atoms with E-state index in [1.165, 1.54) is 30.3 Å². The van der Waals surface area contributed by atoms with Crippen LogP contribution in [0.1, 0.15) is 20.7 Å². The maximum Gasteiger partial charge on any atom is 0.295 e. The van der Waals surface area contributed by atoms with Gasteiger partial charge in [-0.1, -0.05) is 41.9 Å². The first kappa shape index (κ1) is 15.7. The van der Waals surface area contributed by atoms with E-state index in [-0.39, 0.29) is 28.3 Å². The third kappa shape index (κ3) is 2.40. The van der Waals surface area contributed by atoms with Crippen LogP contribution in [-0.2, 0) is 0 Å². The first-order valence-electron chi connectivity index (χ1n) is 6.70. The van der Waals surface area contributed by atoms with Gasteiger partial charge in [-0.15, -0.1) is 0 Å². The molecule has 3 rings (SSSR count). The lowest BCUT2D eigenvalue weighted by atomic mass is 9.93. The Morgan fingerprint density at radius 1 is 1.00 bits per heavy atom. The van der Waals surface area contributed by atoms with Crippen LogP contribution >= 0.6 is 11.6 Å². The number of hydrogen-bond donors (Lipinski definition) is 1. The SMILES string of the molecule is Nc1c(OC2=C(Cl)C(=O)c3ccccc3C2=O)cccc1[N+](=O)[O-]. The Labute approximate surface area is 140 Å². The van der Waals surface area contributed by atoms with Gasteiger partial charge in [0.15, 0.2) is 17.2 Å². The molecule has 24 heavy (non-hydrogen) atoms. The number of rotatable bonds is 3. The average Bonchev–Trinajstić information content (AvgIpc) is 2.57. The van der Waals surface area contributed by atoms with E-state index in [9.17, 15) is 19.7 Å². The van der Waals surface area contributed by atoms with Gasteiger partial charge in [-0.25, -0.2) is 0 Å². The van der Waals surface area contributed by atoms with Crippen molar-refractivity contribution in [2.75, 3.05) is 5.73 Å². The Balaban J connectivity index is 2.07. The second-order valence-electron chi connectivity index (χ2n) is 4.90. The number of halogens is 1. The summed E-state index contributed by atoms with van der Waals surface area (Å²) in [6.45, 7) is 0. The molecule has 0 heterocycles. The third-order valence-corrected chi connectivity index (χ3v) is 3.82. The van der Waals surface area contributed by atoms with Crippen molar-refractivity contribution in [1.29, 1.82) is 0 Å². The quantitative estimate of drug-likeness (QED) is 0.520. The molecule has 0 radical (unpaired) electrons. The molecule has 0 saturated carbocycles. The number of ether oxygens (including phenoxy) is 1. The molecule has 8 heteroatoms. The number of nitrogens with zero attached hydrogens (tertiary/aromatic N) is 1. The number of nitro groups is 1. The lowest BCUT2D eigenvalue weighted by molar-refractivity contribution is -0.383. The van der Waals surface area contributed by atoms with Crippen molar-refractivity contribution in [2.24, 2.45) is 0 Å². The number of ketones is 2. The molecule has 2 N–H and O–H groups in total. The van der Waals surface area contributed by atoms with E-state index in [0.717, 1.165) is 0 Å². The van der Waals surface area contributed by atoms with Gasteiger partial charge < -0.3 is 10.5 Å². The highest BCUT2D eigenvalue weighted by Gasteiger charge is 2.33. The first-order valence-corrected chi connectivity index (χ1v) is 7.08. The Bertz CT molecular complexity index is 936. The van der Waals surface area contributed by atoms with Gasteiger partial charge in [-0.3, -0.25) is 19.7 Å². The van der Waals surface area contributed by atoms with Crippen molar-refractivity contribution < 1.29 is 19.2 Å². The number of benzene rings is 2. The monoisotopic (exact) mass is 344 g/mol. The van der Waals surface area contributed by atoms with Gasteiger partial charge in [0.25, 0.3) is 5.69 Å². The van der Waals surface area contributed by atoms with Crippen LogP contribution in [0, 0.1) is 10.1 Å². The molecule has 1 aliphatic rings. The summed E-state index contributed by atoms with van der Waals surface area (Å²) in [6.07, 6.45) is 0. The fourth-order valence-corrected chi connectivity index (χ4v) is 2.53. The summed E-state index contributed by atoms with van der Waals surface area (Å²) in [6, 6.07) is 10.1. The van der Waals surface area contributed by atoms with Crippen LogP contribution in [0.5, 0.6) is 5.75 Å². The van der Waals surface area contributed by atoms with E-state index in [1.807, 2.05) is 0 Å². The number of anilines is 1. The van der Waals surface area contributed by atoms with Gasteiger partial charge in [0.2, 0.25) is 11.6 Å². The summed E-state index contributed by atoms with van der Waals surface area (Å²) < 4.78 is 5.38. The van der Waals surface area contributed by atoms with Crippen LogP contribution in [0.4, 0.5) is 11.4 Å². The summed E-state index contributed by atoms with van der Waals surface area (Å²) in [7, 11) is 0. The van der Waals surface area contributed by atoms with Crippen LogP contribution < -0.4 is 10.5 Å². The average molecular weight is 345 g/mol. The number of hydrogen-bond acceptors (Lipinski definition) is 6. The molecule has 0 spiro atoms. The van der Waals surface area contributed by atoms with E-state index in [2.05, 4.69) is 0 Å². The number of para-hydroxylation sites is 1. The van der Waals surface area contributed by atoms with Crippen LogP contribution in [0.2, 0.25) is 0 Å². The third-order valence-electron chi connectivity index (χ3n) is 3.47. The lowest BCUT2D eigenvalue weighted by Crippen LogP contribution is -2.23. The molecule has 0 amide bonds. The van der Waals surface area contributed by atoms with Crippen molar-refractivity contribution in [3.8, 4) is 5.75 Å². The number of fused-ring (bicyclic) bond motifs is 1. The zero-order valence-electron chi connectivity index (χ0n) is 12.0. The van der Waals surface area contributed by atoms with Gasteiger partial charge in [-0.2, -0.15) is 0 Å². The molecule has 0 aromatic heterocycles. The molecule has 0 saturated heterocycles. The molecule has 1 aliphatic carbocycles. The van der Waals surface area contributed by atoms with Crippen molar-refractivity contribution in [3.63, 3.8) is 0 Å². The summed E-state index contributed by atoms with van der Waals surface area (Å²) in [5, 5.41) is 10.5. The molecule has 0 bridgehead atoms. The Hall–Kier alpha value is -3.19. The minimum Gasteiger partial charge on any atom is -0.449 e. The number of nitrogen functional groups attached to an aromatic ring is 1. The van der Waals surface area contributed by atoms with Gasteiger partial charge in [0.1, 0.15) is 5.03 Å². The highest BCUT2D eigenvalue weighted by Crippen LogP contribution is 2.35. The second-order valence-corrected chi connectivity index (χ2v) is 5.27. The second kappa shape index (κ2) is 5.78. The highest BCUT2D eigenvalue weighted by atomic mass is 35.5. The minimum atomic E-state index is -0.679. The highest BCUT2D eigenvalue weighted by molar-refractivity contribution is 6.49. The number of carbonyl (C=O) groups excluding carboxylic acids is 2. The van der Waals surface area contributed by atoms with Crippen LogP contribution in [0.3, 0.4) is 0 Å². The van der Waals surface area contributed by atoms with Crippen LogP contribution in [0.25, 0.3) is 0 Å².